The van der Waals surface area contributed by atoms with Gasteiger partial charge in [-0.1, -0.05) is 58.4 Å². The van der Waals surface area contributed by atoms with Crippen molar-refractivity contribution in [1.82, 2.24) is 20.1 Å². The van der Waals surface area contributed by atoms with Crippen LogP contribution in [0, 0.1) is 13.8 Å². The van der Waals surface area contributed by atoms with Gasteiger partial charge in [0.25, 0.3) is 11.8 Å². The van der Waals surface area contributed by atoms with E-state index in [0.717, 1.165) is 17.2 Å². The molecule has 0 radical (unpaired) electrons. The number of carbonyl (C=O) groups is 2. The van der Waals surface area contributed by atoms with E-state index in [0.29, 0.717) is 40.2 Å². The lowest BCUT2D eigenvalue weighted by Gasteiger charge is -2.13. The van der Waals surface area contributed by atoms with Crippen molar-refractivity contribution >= 4 is 44.3 Å². The number of aromatic nitrogens is 3. The minimum absolute atomic E-state index is 0.0551. The van der Waals surface area contributed by atoms with Gasteiger partial charge >= 0.3 is 6.18 Å². The second-order valence-electron chi connectivity index (χ2n) is 9.74. The third kappa shape index (κ3) is 6.36. The number of carbonyl (C=O) groups excluding carboxylic acids is 2. The molecule has 2 amide bonds. The number of halogens is 4. The number of hydrogen-bond acceptors (Lipinski definition) is 4. The van der Waals surface area contributed by atoms with Gasteiger partial charge in [-0.3, -0.25) is 14.3 Å². The van der Waals surface area contributed by atoms with Crippen molar-refractivity contribution in [3.63, 3.8) is 0 Å². The molecule has 0 spiro atoms. The maximum atomic E-state index is 13.5. The first-order chi connectivity index (χ1) is 20.0. The highest BCUT2D eigenvalue weighted by Gasteiger charge is 2.34. The molecule has 0 unspecified atom stereocenters. The molecule has 0 aliphatic heterocycles. The van der Waals surface area contributed by atoms with Crippen molar-refractivity contribution in [3.05, 3.63) is 123 Å². The topological polar surface area (TPSA) is 88.9 Å². The zero-order chi connectivity index (χ0) is 30.0. The van der Waals surface area contributed by atoms with Gasteiger partial charge in [0, 0.05) is 22.0 Å². The Hall–Kier alpha value is -4.51. The number of aryl methyl sites for hydroxylation is 1. The van der Waals surface area contributed by atoms with Gasteiger partial charge in [0.2, 0.25) is 0 Å². The number of hydrogen-bond donors (Lipinski definition) is 2. The maximum absolute atomic E-state index is 13.5. The van der Waals surface area contributed by atoms with Gasteiger partial charge in [-0.25, -0.2) is 4.98 Å². The number of fused-ring (bicyclic) bond motifs is 1. The molecule has 11 heteroatoms. The summed E-state index contributed by atoms with van der Waals surface area (Å²) in [6.07, 6.45) is -4.72. The van der Waals surface area contributed by atoms with E-state index in [1.54, 1.807) is 42.8 Å². The van der Waals surface area contributed by atoms with Crippen LogP contribution in [0.15, 0.2) is 83.3 Å². The van der Waals surface area contributed by atoms with Crippen molar-refractivity contribution in [3.8, 4) is 0 Å². The molecule has 0 saturated heterocycles. The third-order valence-electron chi connectivity index (χ3n) is 6.77. The number of nitrogens with zero attached hydrogens (tertiary/aromatic N) is 3. The van der Waals surface area contributed by atoms with Crippen molar-refractivity contribution < 1.29 is 22.8 Å². The molecule has 2 heterocycles. The fourth-order valence-electron chi connectivity index (χ4n) is 4.56. The Morgan fingerprint density at radius 2 is 1.62 bits per heavy atom. The number of nitrogens with one attached hydrogen (secondary N) is 2. The van der Waals surface area contributed by atoms with Crippen LogP contribution in [0.2, 0.25) is 0 Å². The highest BCUT2D eigenvalue weighted by atomic mass is 79.9. The highest BCUT2D eigenvalue weighted by Crippen LogP contribution is 2.32. The van der Waals surface area contributed by atoms with Crippen molar-refractivity contribution in [2.75, 3.05) is 5.32 Å². The molecule has 0 aliphatic rings. The van der Waals surface area contributed by atoms with Crippen LogP contribution >= 0.6 is 15.9 Å². The minimum atomic E-state index is -4.72. The first-order valence-electron chi connectivity index (χ1n) is 12.9. The molecule has 0 saturated carbocycles. The molecule has 0 fully saturated rings. The quantitative estimate of drug-likeness (QED) is 0.200. The zero-order valence-electron chi connectivity index (χ0n) is 22.6. The van der Waals surface area contributed by atoms with Gasteiger partial charge in [0.05, 0.1) is 34.7 Å². The Kier molecular flexibility index (Phi) is 8.13. The van der Waals surface area contributed by atoms with Crippen LogP contribution in [0.4, 0.5) is 18.9 Å². The molecule has 7 nitrogen and oxygen atoms in total. The fourth-order valence-corrected chi connectivity index (χ4v) is 4.92. The lowest BCUT2D eigenvalue weighted by molar-refractivity contribution is -0.141. The molecular formula is C31H25BrF3N5O2. The largest absolute Gasteiger partial charge is 0.433 e. The van der Waals surface area contributed by atoms with Crippen molar-refractivity contribution in [2.24, 2.45) is 0 Å². The van der Waals surface area contributed by atoms with E-state index in [9.17, 15) is 22.8 Å². The van der Waals surface area contributed by atoms with Gasteiger partial charge in [-0.05, 0) is 61.4 Å². The predicted octanol–water partition coefficient (Wildman–Crippen LogP) is 7.06. The molecule has 2 N–H and O–H groups in total. The Bertz CT molecular complexity index is 1790. The summed E-state index contributed by atoms with van der Waals surface area (Å²) in [6, 6.07) is 22.0. The molecule has 3 aromatic carbocycles. The number of amides is 2. The normalized spacial score (nSPS) is 11.5. The number of benzene rings is 3. The number of alkyl halides is 3. The molecule has 0 aliphatic carbocycles. The van der Waals surface area contributed by atoms with E-state index in [2.05, 4.69) is 36.6 Å². The Morgan fingerprint density at radius 1 is 0.905 bits per heavy atom. The van der Waals surface area contributed by atoms with Crippen LogP contribution < -0.4 is 10.6 Å². The molecular weight excluding hydrogens is 611 g/mol. The maximum Gasteiger partial charge on any atom is 0.433 e. The molecule has 5 aromatic rings. The van der Waals surface area contributed by atoms with E-state index < -0.39 is 17.8 Å². The summed E-state index contributed by atoms with van der Waals surface area (Å²) in [6.45, 7) is 4.26. The number of anilines is 1. The predicted molar refractivity (Wildman–Crippen MR) is 157 cm³/mol. The lowest BCUT2D eigenvalue weighted by Crippen LogP contribution is -2.22. The van der Waals surface area contributed by atoms with Gasteiger partial charge in [-0.2, -0.15) is 18.3 Å². The monoisotopic (exact) mass is 635 g/mol. The van der Waals surface area contributed by atoms with Gasteiger partial charge in [0.15, 0.2) is 0 Å². The Morgan fingerprint density at radius 3 is 2.31 bits per heavy atom. The Labute approximate surface area is 247 Å². The van der Waals surface area contributed by atoms with Gasteiger partial charge in [-0.15, -0.1) is 0 Å². The van der Waals surface area contributed by atoms with Crippen LogP contribution in [0.25, 0.3) is 10.9 Å². The first kappa shape index (κ1) is 29.0. The SMILES string of the molecule is Cc1nn(Cc2ccc(C(=O)NCc3ccccc3)cc2)c(C)c1NC(=O)c1cc(C(F)(F)F)nc2ccc(Br)cc12. The van der Waals surface area contributed by atoms with E-state index in [1.165, 1.54) is 6.07 Å². The first-order valence-corrected chi connectivity index (χ1v) is 13.7. The highest BCUT2D eigenvalue weighted by molar-refractivity contribution is 9.10. The van der Waals surface area contributed by atoms with Crippen LogP contribution in [-0.4, -0.2) is 26.6 Å². The molecule has 214 valence electrons. The molecule has 2 aromatic heterocycles. The Balaban J connectivity index is 1.33. The average molecular weight is 636 g/mol. The summed E-state index contributed by atoms with van der Waals surface area (Å²) in [5.41, 5.74) is 2.69. The number of pyridine rings is 1. The summed E-state index contributed by atoms with van der Waals surface area (Å²) in [5.74, 6) is -0.895. The summed E-state index contributed by atoms with van der Waals surface area (Å²) in [5, 5.41) is 10.5. The van der Waals surface area contributed by atoms with E-state index in [-0.39, 0.29) is 22.4 Å². The smallest absolute Gasteiger partial charge is 0.348 e. The fraction of sp³-hybridized carbons (Fsp3) is 0.161. The zero-order valence-corrected chi connectivity index (χ0v) is 24.2. The van der Waals surface area contributed by atoms with Crippen LogP contribution in [-0.2, 0) is 19.3 Å². The van der Waals surface area contributed by atoms with Gasteiger partial charge < -0.3 is 10.6 Å². The van der Waals surface area contributed by atoms with E-state index >= 15 is 0 Å². The summed E-state index contributed by atoms with van der Waals surface area (Å²) in [4.78, 5) is 29.6. The van der Waals surface area contributed by atoms with Crippen molar-refractivity contribution in [2.45, 2.75) is 33.1 Å². The van der Waals surface area contributed by atoms with E-state index in [4.69, 9.17) is 0 Å². The van der Waals surface area contributed by atoms with Crippen LogP contribution in [0.3, 0.4) is 0 Å². The standard InChI is InChI=1S/C31H25BrF3N5O2/c1-18-28(38-30(42)25-15-27(31(33,34)35)37-26-13-12-23(32)14-24(25)26)19(2)40(39-18)17-21-8-10-22(11-9-21)29(41)36-16-20-6-4-3-5-7-20/h3-15H,16-17H2,1-2H3,(H,36,41)(H,38,42). The summed E-state index contributed by atoms with van der Waals surface area (Å²) in [7, 11) is 0. The average Bonchev–Trinajstić information content (AvgIpc) is 3.22. The second kappa shape index (κ2) is 11.8. The molecule has 0 atom stereocenters. The van der Waals surface area contributed by atoms with Gasteiger partial charge in [0.1, 0.15) is 5.69 Å². The third-order valence-corrected chi connectivity index (χ3v) is 7.26. The van der Waals surface area contributed by atoms with Crippen LogP contribution in [0.1, 0.15) is 48.9 Å². The molecule has 42 heavy (non-hydrogen) atoms. The lowest BCUT2D eigenvalue weighted by atomic mass is 10.1. The summed E-state index contributed by atoms with van der Waals surface area (Å²) < 4.78 is 42.9. The van der Waals surface area contributed by atoms with Crippen LogP contribution in [0.5, 0.6) is 0 Å². The minimum Gasteiger partial charge on any atom is -0.348 e. The van der Waals surface area contributed by atoms with E-state index in [1.807, 2.05) is 42.5 Å². The van der Waals surface area contributed by atoms with Crippen molar-refractivity contribution in [1.29, 1.82) is 0 Å². The molecule has 0 bridgehead atoms. The molecule has 5 rings (SSSR count). The second-order valence-corrected chi connectivity index (χ2v) is 10.7. The number of rotatable bonds is 7. The summed E-state index contributed by atoms with van der Waals surface area (Å²) >= 11 is 3.31.